The zero-order valence-electron chi connectivity index (χ0n) is 14.0. The first-order valence-corrected chi connectivity index (χ1v) is 9.37. The van der Waals surface area contributed by atoms with E-state index in [0.717, 1.165) is 22.1 Å². The minimum atomic E-state index is 0.0256. The summed E-state index contributed by atoms with van der Waals surface area (Å²) in [6.07, 6.45) is 0. The second-order valence-electron chi connectivity index (χ2n) is 5.56. The van der Waals surface area contributed by atoms with Crippen molar-refractivity contribution in [3.05, 3.63) is 64.2 Å². The molecule has 0 saturated heterocycles. The minimum absolute atomic E-state index is 0.0256. The van der Waals surface area contributed by atoms with Crippen LogP contribution in [0.4, 0.5) is 0 Å². The number of amides is 1. The third-order valence-electron chi connectivity index (χ3n) is 3.59. The zero-order valence-corrected chi connectivity index (χ0v) is 15.5. The van der Waals surface area contributed by atoms with Gasteiger partial charge in [-0.3, -0.25) is 4.79 Å². The van der Waals surface area contributed by atoms with E-state index >= 15 is 0 Å². The van der Waals surface area contributed by atoms with Crippen LogP contribution in [0.5, 0.6) is 5.75 Å². The van der Waals surface area contributed by atoms with Gasteiger partial charge in [-0.05, 0) is 54.8 Å². The van der Waals surface area contributed by atoms with Crippen molar-refractivity contribution in [1.29, 1.82) is 0 Å². The van der Waals surface area contributed by atoms with Crippen LogP contribution < -0.4 is 10.1 Å². The first kappa shape index (κ1) is 18.7. The molecule has 24 heavy (non-hydrogen) atoms. The number of rotatable bonds is 8. The van der Waals surface area contributed by atoms with E-state index < -0.39 is 0 Å². The quantitative estimate of drug-likeness (QED) is 0.707. The van der Waals surface area contributed by atoms with Crippen molar-refractivity contribution in [2.24, 2.45) is 0 Å². The fourth-order valence-electron chi connectivity index (χ4n) is 2.06. The number of nitrogens with one attached hydrogen (secondary N) is 1. The molecule has 0 atom stereocenters. The summed E-state index contributed by atoms with van der Waals surface area (Å²) in [4.78, 5) is 11.8. The first-order valence-electron chi connectivity index (χ1n) is 7.83. The van der Waals surface area contributed by atoms with E-state index in [1.807, 2.05) is 42.5 Å². The summed E-state index contributed by atoms with van der Waals surface area (Å²) >= 11 is 7.43. The van der Waals surface area contributed by atoms with Gasteiger partial charge in [-0.15, -0.1) is 11.8 Å². The number of halogens is 1. The Bertz CT molecular complexity index is 674. The van der Waals surface area contributed by atoms with Gasteiger partial charge in [-0.25, -0.2) is 0 Å². The van der Waals surface area contributed by atoms with Crippen molar-refractivity contribution in [2.45, 2.75) is 19.6 Å². The Balaban J connectivity index is 1.59. The van der Waals surface area contributed by atoms with Crippen LogP contribution in [0.25, 0.3) is 0 Å². The lowest BCUT2D eigenvalue weighted by molar-refractivity contribution is -0.118. The van der Waals surface area contributed by atoms with Crippen LogP contribution in [0.15, 0.2) is 42.5 Å². The number of benzene rings is 2. The Morgan fingerprint density at radius 1 is 1.12 bits per heavy atom. The third-order valence-corrected chi connectivity index (χ3v) is 4.84. The van der Waals surface area contributed by atoms with E-state index in [2.05, 4.69) is 19.2 Å². The zero-order chi connectivity index (χ0) is 17.4. The highest BCUT2D eigenvalue weighted by Crippen LogP contribution is 2.16. The van der Waals surface area contributed by atoms with Gasteiger partial charge in [0.1, 0.15) is 12.4 Å². The standard InChI is InChI=1S/C19H22ClNO2S/c1-14-3-8-18(11-15(14)2)23-10-9-21-19(22)13-24-12-16-4-6-17(20)7-5-16/h3-8,11H,9-10,12-13H2,1-2H3,(H,21,22). The molecule has 0 aromatic heterocycles. The number of ether oxygens (including phenoxy) is 1. The number of hydrogen-bond donors (Lipinski definition) is 1. The van der Waals surface area contributed by atoms with Crippen LogP contribution in [0.1, 0.15) is 16.7 Å². The normalized spacial score (nSPS) is 10.5. The first-order chi connectivity index (χ1) is 11.5. The van der Waals surface area contributed by atoms with Crippen LogP contribution in [-0.4, -0.2) is 24.8 Å². The highest BCUT2D eigenvalue weighted by Gasteiger charge is 2.02. The molecule has 3 nitrogen and oxygen atoms in total. The fraction of sp³-hybridized carbons (Fsp3) is 0.316. The number of hydrogen-bond acceptors (Lipinski definition) is 3. The van der Waals surface area contributed by atoms with Crippen LogP contribution in [0.3, 0.4) is 0 Å². The lowest BCUT2D eigenvalue weighted by Gasteiger charge is -2.09. The Kier molecular flexibility index (Phi) is 7.47. The van der Waals surface area contributed by atoms with Crippen molar-refractivity contribution in [2.75, 3.05) is 18.9 Å². The molecule has 0 aliphatic carbocycles. The van der Waals surface area contributed by atoms with Gasteiger partial charge in [-0.1, -0.05) is 29.8 Å². The van der Waals surface area contributed by atoms with Crippen molar-refractivity contribution >= 4 is 29.3 Å². The summed E-state index contributed by atoms with van der Waals surface area (Å²) in [7, 11) is 0. The predicted molar refractivity (Wildman–Crippen MR) is 102 cm³/mol. The molecule has 0 aliphatic heterocycles. The molecule has 2 rings (SSSR count). The maximum atomic E-state index is 11.8. The molecule has 0 aliphatic rings. The maximum Gasteiger partial charge on any atom is 0.230 e. The average Bonchev–Trinajstić information content (AvgIpc) is 2.56. The Morgan fingerprint density at radius 3 is 2.58 bits per heavy atom. The van der Waals surface area contributed by atoms with E-state index in [1.54, 1.807) is 11.8 Å². The summed E-state index contributed by atoms with van der Waals surface area (Å²) in [5.74, 6) is 2.10. The number of aryl methyl sites for hydroxylation is 2. The van der Waals surface area contributed by atoms with Crippen molar-refractivity contribution in [1.82, 2.24) is 5.32 Å². The minimum Gasteiger partial charge on any atom is -0.492 e. The number of carbonyl (C=O) groups is 1. The largest absolute Gasteiger partial charge is 0.492 e. The molecule has 0 fully saturated rings. The van der Waals surface area contributed by atoms with Gasteiger partial charge in [0.15, 0.2) is 0 Å². The molecule has 0 bridgehead atoms. The van der Waals surface area contributed by atoms with E-state index in [9.17, 15) is 4.79 Å². The summed E-state index contributed by atoms with van der Waals surface area (Å²) < 4.78 is 5.64. The van der Waals surface area contributed by atoms with Gasteiger partial charge >= 0.3 is 0 Å². The molecule has 0 radical (unpaired) electrons. The van der Waals surface area contributed by atoms with E-state index in [0.29, 0.717) is 18.9 Å². The molecular formula is C19H22ClNO2S. The highest BCUT2D eigenvalue weighted by molar-refractivity contribution is 7.99. The monoisotopic (exact) mass is 363 g/mol. The predicted octanol–water partition coefficient (Wildman–Crippen LogP) is 4.39. The van der Waals surface area contributed by atoms with Gasteiger partial charge in [0.05, 0.1) is 12.3 Å². The molecule has 0 saturated carbocycles. The lowest BCUT2D eigenvalue weighted by atomic mass is 10.1. The Morgan fingerprint density at radius 2 is 1.88 bits per heavy atom. The molecule has 0 spiro atoms. The second-order valence-corrected chi connectivity index (χ2v) is 6.99. The highest BCUT2D eigenvalue weighted by atomic mass is 35.5. The Hall–Kier alpha value is -1.65. The van der Waals surface area contributed by atoms with Crippen LogP contribution in [-0.2, 0) is 10.5 Å². The maximum absolute atomic E-state index is 11.8. The van der Waals surface area contributed by atoms with Gasteiger partial charge in [0.25, 0.3) is 0 Å². The van der Waals surface area contributed by atoms with Gasteiger partial charge in [0.2, 0.25) is 5.91 Å². The van der Waals surface area contributed by atoms with Gasteiger partial charge in [-0.2, -0.15) is 0 Å². The topological polar surface area (TPSA) is 38.3 Å². The Labute approximate surface area is 152 Å². The number of carbonyl (C=O) groups excluding carboxylic acids is 1. The lowest BCUT2D eigenvalue weighted by Crippen LogP contribution is -2.29. The number of thioether (sulfide) groups is 1. The second kappa shape index (κ2) is 9.60. The average molecular weight is 364 g/mol. The summed E-state index contributed by atoms with van der Waals surface area (Å²) in [5, 5.41) is 3.60. The summed E-state index contributed by atoms with van der Waals surface area (Å²) in [5.41, 5.74) is 3.61. The van der Waals surface area contributed by atoms with Crippen molar-refractivity contribution in [3.63, 3.8) is 0 Å². The molecule has 0 heterocycles. The van der Waals surface area contributed by atoms with Crippen molar-refractivity contribution < 1.29 is 9.53 Å². The fourth-order valence-corrected chi connectivity index (χ4v) is 3.00. The molecular weight excluding hydrogens is 342 g/mol. The molecule has 0 unspecified atom stereocenters. The SMILES string of the molecule is Cc1ccc(OCCNC(=O)CSCc2ccc(Cl)cc2)cc1C. The van der Waals surface area contributed by atoms with E-state index in [-0.39, 0.29) is 5.91 Å². The smallest absolute Gasteiger partial charge is 0.230 e. The van der Waals surface area contributed by atoms with Crippen molar-refractivity contribution in [3.8, 4) is 5.75 Å². The summed E-state index contributed by atoms with van der Waals surface area (Å²) in [6.45, 7) is 5.10. The molecule has 5 heteroatoms. The van der Waals surface area contributed by atoms with Crippen LogP contribution >= 0.6 is 23.4 Å². The van der Waals surface area contributed by atoms with Crippen LogP contribution in [0.2, 0.25) is 5.02 Å². The summed E-state index contributed by atoms with van der Waals surface area (Å²) in [6, 6.07) is 13.7. The van der Waals surface area contributed by atoms with Crippen LogP contribution in [0, 0.1) is 13.8 Å². The third kappa shape index (κ3) is 6.46. The molecule has 1 amide bonds. The molecule has 2 aromatic rings. The molecule has 2 aromatic carbocycles. The van der Waals surface area contributed by atoms with Gasteiger partial charge in [0, 0.05) is 10.8 Å². The van der Waals surface area contributed by atoms with E-state index in [1.165, 1.54) is 11.1 Å². The molecule has 128 valence electrons. The van der Waals surface area contributed by atoms with E-state index in [4.69, 9.17) is 16.3 Å². The molecule has 1 N–H and O–H groups in total. The van der Waals surface area contributed by atoms with Gasteiger partial charge < -0.3 is 10.1 Å².